The third-order valence-electron chi connectivity index (χ3n) is 4.45. The zero-order valence-corrected chi connectivity index (χ0v) is 17.1. The third kappa shape index (κ3) is 4.54. The molecule has 0 aliphatic heterocycles. The van der Waals surface area contributed by atoms with E-state index in [1.54, 1.807) is 7.11 Å². The molecule has 0 saturated heterocycles. The summed E-state index contributed by atoms with van der Waals surface area (Å²) in [6, 6.07) is 17.4. The first-order chi connectivity index (χ1) is 13.7. The lowest BCUT2D eigenvalue weighted by Gasteiger charge is -2.24. The summed E-state index contributed by atoms with van der Waals surface area (Å²) in [5.74, 6) is 1.51. The summed E-state index contributed by atoms with van der Waals surface area (Å²) in [5, 5.41) is 7.44. The van der Waals surface area contributed by atoms with E-state index in [0.717, 1.165) is 16.9 Å². The van der Waals surface area contributed by atoms with Crippen molar-refractivity contribution in [1.29, 1.82) is 0 Å². The molecule has 6 nitrogen and oxygen atoms in total. The van der Waals surface area contributed by atoms with Gasteiger partial charge in [-0.3, -0.25) is 9.89 Å². The second kappa shape index (κ2) is 9.41. The zero-order chi connectivity index (χ0) is 19.9. The number of hydrogen-bond acceptors (Lipinski definition) is 5. The van der Waals surface area contributed by atoms with Crippen molar-refractivity contribution >= 4 is 17.7 Å². The predicted molar refractivity (Wildman–Crippen MR) is 111 cm³/mol. The van der Waals surface area contributed by atoms with Gasteiger partial charge in [-0.25, -0.2) is 4.98 Å². The van der Waals surface area contributed by atoms with E-state index in [2.05, 4.69) is 15.2 Å². The number of nitrogens with zero attached hydrogens (tertiary/aromatic N) is 3. The number of nitrogens with one attached hydrogen (secondary N) is 1. The van der Waals surface area contributed by atoms with E-state index >= 15 is 0 Å². The molecule has 7 heteroatoms. The van der Waals surface area contributed by atoms with Crippen LogP contribution < -0.4 is 4.74 Å². The first-order valence-electron chi connectivity index (χ1n) is 9.23. The molecular weight excluding hydrogens is 372 g/mol. The maximum Gasteiger partial charge on any atom is 0.240 e. The molecule has 1 amide bonds. The third-order valence-corrected chi connectivity index (χ3v) is 5.56. The van der Waals surface area contributed by atoms with Crippen molar-refractivity contribution in [3.8, 4) is 17.1 Å². The predicted octanol–water partition coefficient (Wildman–Crippen LogP) is 4.18. The van der Waals surface area contributed by atoms with Crippen molar-refractivity contribution in [1.82, 2.24) is 20.1 Å². The van der Waals surface area contributed by atoms with Gasteiger partial charge in [0.2, 0.25) is 11.1 Å². The van der Waals surface area contributed by atoms with Crippen molar-refractivity contribution in [3.63, 3.8) is 0 Å². The van der Waals surface area contributed by atoms with Crippen LogP contribution in [0.25, 0.3) is 11.4 Å². The molecule has 1 aromatic heterocycles. The van der Waals surface area contributed by atoms with E-state index in [1.807, 2.05) is 73.3 Å². The first kappa shape index (κ1) is 19.9. The number of carbonyl (C=O) groups excluding carboxylic acids is 1. The first-order valence-corrected chi connectivity index (χ1v) is 10.1. The normalized spacial score (nSPS) is 11.8. The lowest BCUT2D eigenvalue weighted by molar-refractivity contribution is -0.130. The minimum absolute atomic E-state index is 0.0667. The van der Waals surface area contributed by atoms with Gasteiger partial charge in [0, 0.05) is 18.7 Å². The quantitative estimate of drug-likeness (QED) is 0.578. The molecule has 1 atom stereocenters. The van der Waals surface area contributed by atoms with Crippen LogP contribution >= 0.6 is 11.8 Å². The van der Waals surface area contributed by atoms with Crippen molar-refractivity contribution in [2.75, 3.05) is 20.2 Å². The molecule has 1 N–H and O–H groups in total. The topological polar surface area (TPSA) is 71.1 Å². The van der Waals surface area contributed by atoms with Crippen molar-refractivity contribution in [2.24, 2.45) is 0 Å². The van der Waals surface area contributed by atoms with Crippen LogP contribution in [0.1, 0.15) is 24.7 Å². The summed E-state index contributed by atoms with van der Waals surface area (Å²) in [6.07, 6.45) is 0. The van der Waals surface area contributed by atoms with Gasteiger partial charge in [0.25, 0.3) is 0 Å². The highest BCUT2D eigenvalue weighted by Gasteiger charge is 2.27. The van der Waals surface area contributed by atoms with Gasteiger partial charge in [0.05, 0.1) is 7.11 Å². The summed E-state index contributed by atoms with van der Waals surface area (Å²) >= 11 is 1.36. The maximum atomic E-state index is 13.1. The Hall–Kier alpha value is -2.80. The molecule has 2 aromatic carbocycles. The van der Waals surface area contributed by atoms with Gasteiger partial charge in [-0.1, -0.05) is 42.1 Å². The second-order valence-electron chi connectivity index (χ2n) is 6.11. The number of carbonyl (C=O) groups is 1. The summed E-state index contributed by atoms with van der Waals surface area (Å²) in [4.78, 5) is 19.5. The maximum absolute atomic E-state index is 13.1. The van der Waals surface area contributed by atoms with Crippen LogP contribution in [0.5, 0.6) is 5.75 Å². The van der Waals surface area contributed by atoms with Crippen molar-refractivity contribution in [3.05, 3.63) is 60.2 Å². The Morgan fingerprint density at radius 3 is 2.39 bits per heavy atom. The Labute approximate surface area is 169 Å². The molecule has 0 radical (unpaired) electrons. The molecule has 0 aliphatic rings. The fourth-order valence-corrected chi connectivity index (χ4v) is 3.87. The average molecular weight is 397 g/mol. The molecule has 0 bridgehead atoms. The Morgan fingerprint density at radius 1 is 1.11 bits per heavy atom. The molecule has 0 spiro atoms. The van der Waals surface area contributed by atoms with E-state index in [0.29, 0.717) is 24.1 Å². The monoisotopic (exact) mass is 396 g/mol. The number of rotatable bonds is 8. The fourth-order valence-electron chi connectivity index (χ4n) is 2.87. The SMILES string of the molecule is CCN(CC)C(=O)[C@H](Sc1n[nH]c(-c2ccc(OC)cc2)n1)c1ccccc1. The van der Waals surface area contributed by atoms with E-state index in [1.165, 1.54) is 11.8 Å². The highest BCUT2D eigenvalue weighted by atomic mass is 32.2. The number of methoxy groups -OCH3 is 1. The summed E-state index contributed by atoms with van der Waals surface area (Å²) in [5.41, 5.74) is 1.85. The van der Waals surface area contributed by atoms with Crippen molar-refractivity contribution in [2.45, 2.75) is 24.3 Å². The number of amides is 1. The second-order valence-corrected chi connectivity index (χ2v) is 7.19. The standard InChI is InChI=1S/C21H24N4O2S/c1-4-25(5-2)20(26)18(15-9-7-6-8-10-15)28-21-22-19(23-24-21)16-11-13-17(27-3)14-12-16/h6-14,18H,4-5H2,1-3H3,(H,22,23,24)/t18-/m1/s1. The van der Waals surface area contributed by atoms with Gasteiger partial charge in [0.15, 0.2) is 5.82 Å². The highest BCUT2D eigenvalue weighted by molar-refractivity contribution is 8.00. The van der Waals surface area contributed by atoms with Gasteiger partial charge >= 0.3 is 0 Å². The van der Waals surface area contributed by atoms with Gasteiger partial charge in [0.1, 0.15) is 11.0 Å². The summed E-state index contributed by atoms with van der Waals surface area (Å²) < 4.78 is 5.19. The fraction of sp³-hybridized carbons (Fsp3) is 0.286. The number of hydrogen-bond donors (Lipinski definition) is 1. The van der Waals surface area contributed by atoms with Crippen molar-refractivity contribution < 1.29 is 9.53 Å². The van der Waals surface area contributed by atoms with Crippen LogP contribution in [0.3, 0.4) is 0 Å². The van der Waals surface area contributed by atoms with E-state index in [9.17, 15) is 4.79 Å². The molecular formula is C21H24N4O2S. The molecule has 146 valence electrons. The zero-order valence-electron chi connectivity index (χ0n) is 16.3. The Bertz CT molecular complexity index is 892. The molecule has 3 rings (SSSR count). The molecule has 1 heterocycles. The minimum atomic E-state index is -0.388. The van der Waals surface area contributed by atoms with Gasteiger partial charge in [-0.2, -0.15) is 0 Å². The average Bonchev–Trinajstić information content (AvgIpc) is 3.22. The minimum Gasteiger partial charge on any atom is -0.497 e. The highest BCUT2D eigenvalue weighted by Crippen LogP contribution is 2.35. The lowest BCUT2D eigenvalue weighted by atomic mass is 10.1. The van der Waals surface area contributed by atoms with E-state index in [4.69, 9.17) is 4.74 Å². The van der Waals surface area contributed by atoms with Crippen LogP contribution in [-0.2, 0) is 4.79 Å². The van der Waals surface area contributed by atoms with Crippen LogP contribution in [0.15, 0.2) is 59.8 Å². The number of aromatic nitrogens is 3. The Kier molecular flexibility index (Phi) is 6.71. The molecule has 0 aliphatic carbocycles. The van der Waals surface area contributed by atoms with E-state index < -0.39 is 0 Å². The number of benzene rings is 2. The smallest absolute Gasteiger partial charge is 0.240 e. The van der Waals surface area contributed by atoms with Gasteiger partial charge in [-0.05, 0) is 43.7 Å². The van der Waals surface area contributed by atoms with E-state index in [-0.39, 0.29) is 11.2 Å². The Morgan fingerprint density at radius 2 is 1.79 bits per heavy atom. The lowest BCUT2D eigenvalue weighted by Crippen LogP contribution is -2.33. The molecule has 0 saturated carbocycles. The van der Waals surface area contributed by atoms with Crippen LogP contribution in [-0.4, -0.2) is 46.2 Å². The van der Waals surface area contributed by atoms with Gasteiger partial charge in [-0.15, -0.1) is 5.10 Å². The van der Waals surface area contributed by atoms with Gasteiger partial charge < -0.3 is 9.64 Å². The number of aromatic amines is 1. The molecule has 28 heavy (non-hydrogen) atoms. The largest absolute Gasteiger partial charge is 0.497 e. The van der Waals surface area contributed by atoms with Crippen LogP contribution in [0.2, 0.25) is 0 Å². The number of thioether (sulfide) groups is 1. The summed E-state index contributed by atoms with van der Waals surface area (Å²) in [7, 11) is 1.63. The summed E-state index contributed by atoms with van der Waals surface area (Å²) in [6.45, 7) is 5.32. The number of likely N-dealkylation sites (N-methyl/N-ethyl adjacent to an activating group) is 1. The molecule has 3 aromatic rings. The Balaban J connectivity index is 1.84. The number of H-pyrrole nitrogens is 1. The van der Waals surface area contributed by atoms with Crippen LogP contribution in [0, 0.1) is 0 Å². The molecule has 0 fully saturated rings. The molecule has 0 unspecified atom stereocenters. The van der Waals surface area contributed by atoms with Crippen LogP contribution in [0.4, 0.5) is 0 Å². The number of ether oxygens (including phenoxy) is 1.